The fourth-order valence-corrected chi connectivity index (χ4v) is 1.76. The molecule has 1 aromatic rings. The van der Waals surface area contributed by atoms with Gasteiger partial charge in [0.15, 0.2) is 0 Å². The van der Waals surface area contributed by atoms with Crippen molar-refractivity contribution in [1.82, 2.24) is 0 Å². The van der Waals surface area contributed by atoms with Crippen molar-refractivity contribution in [2.75, 3.05) is 6.61 Å². The van der Waals surface area contributed by atoms with Gasteiger partial charge in [0.05, 0.1) is 6.61 Å². The number of carbonyl (C=O) groups is 1. The van der Waals surface area contributed by atoms with Gasteiger partial charge in [0.25, 0.3) is 0 Å². The molecule has 0 amide bonds. The Labute approximate surface area is 117 Å². The summed E-state index contributed by atoms with van der Waals surface area (Å²) in [7, 11) is 0. The Morgan fingerprint density at radius 3 is 2.26 bits per heavy atom. The third kappa shape index (κ3) is 4.14. The smallest absolute Gasteiger partial charge is 0.423 e. The van der Waals surface area contributed by atoms with Crippen LogP contribution < -0.4 is 0 Å². The maximum absolute atomic E-state index is 12.8. The molecule has 0 unspecified atom stereocenters. The predicted octanol–water partition coefficient (Wildman–Crippen LogP) is 4.50. The molecule has 104 valence electrons. The van der Waals surface area contributed by atoms with Crippen molar-refractivity contribution < 1.29 is 22.7 Å². The van der Waals surface area contributed by atoms with E-state index in [2.05, 4.69) is 4.74 Å². The first kappa shape index (κ1) is 15.9. The normalized spacial score (nSPS) is 12.4. The average Bonchev–Trinajstić information content (AvgIpc) is 2.26. The highest BCUT2D eigenvalue weighted by atomic mass is 35.5. The minimum Gasteiger partial charge on any atom is -0.462 e. The Morgan fingerprint density at radius 2 is 1.84 bits per heavy atom. The largest absolute Gasteiger partial charge is 0.462 e. The van der Waals surface area contributed by atoms with Crippen LogP contribution in [0.1, 0.15) is 12.5 Å². The molecule has 0 saturated carbocycles. The highest BCUT2D eigenvalue weighted by Gasteiger charge is 2.40. The van der Waals surface area contributed by atoms with Gasteiger partial charge < -0.3 is 4.74 Å². The fraction of sp³-hybridized carbons (Fsp3) is 0.250. The van der Waals surface area contributed by atoms with Crippen LogP contribution in [-0.4, -0.2) is 18.8 Å². The molecule has 0 aromatic heterocycles. The average molecular weight is 313 g/mol. The number of rotatable bonds is 3. The van der Waals surface area contributed by atoms with Crippen LogP contribution in [0.2, 0.25) is 10.0 Å². The molecule has 0 saturated heterocycles. The molecular formula is C12H9Cl2F3O2. The Bertz CT molecular complexity index is 490. The highest BCUT2D eigenvalue weighted by Crippen LogP contribution is 2.33. The summed E-state index contributed by atoms with van der Waals surface area (Å²) in [5.41, 5.74) is -1.53. The van der Waals surface area contributed by atoms with Gasteiger partial charge in [-0.15, -0.1) is 0 Å². The van der Waals surface area contributed by atoms with Gasteiger partial charge in [0.2, 0.25) is 0 Å². The predicted molar refractivity (Wildman–Crippen MR) is 67.1 cm³/mol. The van der Waals surface area contributed by atoms with Crippen molar-refractivity contribution in [1.29, 1.82) is 0 Å². The van der Waals surface area contributed by atoms with Gasteiger partial charge in [-0.2, -0.15) is 13.2 Å². The van der Waals surface area contributed by atoms with Crippen LogP contribution in [0.15, 0.2) is 23.8 Å². The van der Waals surface area contributed by atoms with Gasteiger partial charge in [-0.1, -0.05) is 29.3 Å². The van der Waals surface area contributed by atoms with Crippen LogP contribution in [0.4, 0.5) is 13.2 Å². The number of esters is 1. The standard InChI is InChI=1S/C12H9Cl2F3O2/c1-2-19-11(18)8(12(15,16)17)6-7-9(13)4-3-5-10(7)14/h3-6H,2H2,1H3/b8-6-. The van der Waals surface area contributed by atoms with Gasteiger partial charge >= 0.3 is 12.1 Å². The molecule has 0 fully saturated rings. The molecule has 0 aliphatic rings. The minimum atomic E-state index is -4.85. The highest BCUT2D eigenvalue weighted by molar-refractivity contribution is 6.37. The molecule has 0 aliphatic carbocycles. The quantitative estimate of drug-likeness (QED) is 0.606. The van der Waals surface area contributed by atoms with Crippen LogP contribution >= 0.6 is 23.2 Å². The zero-order valence-electron chi connectivity index (χ0n) is 9.72. The number of hydrogen-bond donors (Lipinski definition) is 0. The summed E-state index contributed by atoms with van der Waals surface area (Å²) >= 11 is 11.5. The molecule has 0 spiro atoms. The topological polar surface area (TPSA) is 26.3 Å². The molecule has 0 heterocycles. The molecule has 1 aromatic carbocycles. The second-order valence-corrected chi connectivity index (χ2v) is 4.23. The lowest BCUT2D eigenvalue weighted by Gasteiger charge is -2.11. The van der Waals surface area contributed by atoms with E-state index in [0.717, 1.165) is 0 Å². The Hall–Kier alpha value is -1.20. The molecule has 1 rings (SSSR count). The summed E-state index contributed by atoms with van der Waals surface area (Å²) in [6.45, 7) is 1.25. The van der Waals surface area contributed by atoms with Crippen LogP contribution in [-0.2, 0) is 9.53 Å². The van der Waals surface area contributed by atoms with Gasteiger partial charge in [0, 0.05) is 15.6 Å². The van der Waals surface area contributed by atoms with Crippen molar-refractivity contribution in [2.45, 2.75) is 13.1 Å². The maximum atomic E-state index is 12.8. The first-order valence-corrected chi connectivity index (χ1v) is 5.93. The van der Waals surface area contributed by atoms with Gasteiger partial charge in [-0.3, -0.25) is 0 Å². The first-order valence-electron chi connectivity index (χ1n) is 5.17. The molecule has 0 bridgehead atoms. The number of carbonyl (C=O) groups excluding carboxylic acids is 1. The van der Waals surface area contributed by atoms with E-state index in [1.807, 2.05) is 0 Å². The molecule has 0 atom stereocenters. The van der Waals surface area contributed by atoms with Crippen LogP contribution in [0.5, 0.6) is 0 Å². The minimum absolute atomic E-state index is 0.0125. The summed E-state index contributed by atoms with van der Waals surface area (Å²) in [6.07, 6.45) is -4.27. The van der Waals surface area contributed by atoms with E-state index in [-0.39, 0.29) is 22.2 Å². The zero-order valence-corrected chi connectivity index (χ0v) is 11.2. The van der Waals surface area contributed by atoms with Gasteiger partial charge in [-0.25, -0.2) is 4.79 Å². The molecule has 0 aliphatic heterocycles. The SMILES string of the molecule is CCOC(=O)/C(=C/c1c(Cl)cccc1Cl)C(F)(F)F. The van der Waals surface area contributed by atoms with Crippen LogP contribution in [0, 0.1) is 0 Å². The lowest BCUT2D eigenvalue weighted by molar-refractivity contribution is -0.149. The molecule has 2 nitrogen and oxygen atoms in total. The summed E-state index contributed by atoms with van der Waals surface area (Å²) in [5, 5.41) is 0.0251. The second-order valence-electron chi connectivity index (χ2n) is 3.41. The van der Waals surface area contributed by atoms with E-state index in [1.165, 1.54) is 25.1 Å². The number of hydrogen-bond acceptors (Lipinski definition) is 2. The van der Waals surface area contributed by atoms with Gasteiger partial charge in [-0.05, 0) is 25.1 Å². The molecule has 0 radical (unpaired) electrons. The zero-order chi connectivity index (χ0) is 14.6. The van der Waals surface area contributed by atoms with Crippen molar-refractivity contribution in [2.24, 2.45) is 0 Å². The Morgan fingerprint density at radius 1 is 1.32 bits per heavy atom. The molecule has 7 heteroatoms. The number of halogens is 5. The van der Waals surface area contributed by atoms with Crippen molar-refractivity contribution in [3.05, 3.63) is 39.4 Å². The monoisotopic (exact) mass is 312 g/mol. The van der Waals surface area contributed by atoms with Crippen molar-refractivity contribution in [3.8, 4) is 0 Å². The van der Waals surface area contributed by atoms with E-state index in [1.54, 1.807) is 0 Å². The summed E-state index contributed by atoms with van der Waals surface area (Å²) in [4.78, 5) is 11.3. The number of ether oxygens (including phenoxy) is 1. The van der Waals surface area contributed by atoms with Gasteiger partial charge in [0.1, 0.15) is 5.57 Å². The van der Waals surface area contributed by atoms with E-state index in [4.69, 9.17) is 23.2 Å². The fourth-order valence-electron chi connectivity index (χ4n) is 1.26. The number of benzene rings is 1. The van der Waals surface area contributed by atoms with E-state index in [0.29, 0.717) is 6.08 Å². The maximum Gasteiger partial charge on any atom is 0.423 e. The number of alkyl halides is 3. The summed E-state index contributed by atoms with van der Waals surface area (Å²) in [6, 6.07) is 4.23. The Balaban J connectivity index is 3.32. The van der Waals surface area contributed by atoms with Crippen molar-refractivity contribution in [3.63, 3.8) is 0 Å². The van der Waals surface area contributed by atoms with E-state index in [9.17, 15) is 18.0 Å². The first-order chi connectivity index (χ1) is 8.77. The molecule has 19 heavy (non-hydrogen) atoms. The van der Waals surface area contributed by atoms with Crippen molar-refractivity contribution >= 4 is 35.2 Å². The molecular weight excluding hydrogens is 304 g/mol. The second kappa shape index (κ2) is 6.30. The lowest BCUT2D eigenvalue weighted by Crippen LogP contribution is -2.22. The summed E-state index contributed by atoms with van der Waals surface area (Å²) < 4.78 is 42.7. The molecule has 0 N–H and O–H groups in total. The third-order valence-electron chi connectivity index (χ3n) is 2.09. The van der Waals surface area contributed by atoms with E-state index < -0.39 is 17.7 Å². The summed E-state index contributed by atoms with van der Waals surface area (Å²) in [5.74, 6) is -1.47. The lowest BCUT2D eigenvalue weighted by atomic mass is 10.1. The van der Waals surface area contributed by atoms with Crippen LogP contribution in [0.25, 0.3) is 6.08 Å². The van der Waals surface area contributed by atoms with E-state index >= 15 is 0 Å². The Kier molecular flexibility index (Phi) is 5.26. The third-order valence-corrected chi connectivity index (χ3v) is 2.75. The van der Waals surface area contributed by atoms with Crippen LogP contribution in [0.3, 0.4) is 0 Å².